The Morgan fingerprint density at radius 2 is 2.15 bits per heavy atom. The number of hydrogen-bond donors (Lipinski definition) is 0. The van der Waals surface area contributed by atoms with Gasteiger partial charge in [-0.2, -0.15) is 0 Å². The minimum absolute atomic E-state index is 0.210. The normalized spacial score (nSPS) is 18.6. The lowest BCUT2D eigenvalue weighted by Crippen LogP contribution is -2.25. The molecule has 0 saturated carbocycles. The van der Waals surface area contributed by atoms with Crippen molar-refractivity contribution in [2.24, 2.45) is 0 Å². The topological polar surface area (TPSA) is 48.0 Å². The molecule has 0 spiro atoms. The van der Waals surface area contributed by atoms with Gasteiger partial charge in [0.1, 0.15) is 18.5 Å². The Morgan fingerprint density at radius 3 is 2.80 bits per heavy atom. The van der Waals surface area contributed by atoms with Crippen LogP contribution in [0.4, 0.5) is 10.5 Å². The molecule has 1 unspecified atom stereocenters. The van der Waals surface area contributed by atoms with Crippen molar-refractivity contribution in [3.05, 3.63) is 36.4 Å². The molecule has 0 N–H and O–H groups in total. The molecule has 5 heteroatoms. The summed E-state index contributed by atoms with van der Waals surface area (Å²) in [6.07, 6.45) is 3.32. The maximum atomic E-state index is 11.8. The van der Waals surface area contributed by atoms with Crippen LogP contribution in [0.3, 0.4) is 0 Å². The number of ether oxygens (including phenoxy) is 3. The Balaban J connectivity index is 1.97. The molecule has 0 radical (unpaired) electrons. The van der Waals surface area contributed by atoms with E-state index in [9.17, 15) is 4.79 Å². The monoisotopic (exact) mass is 277 g/mol. The summed E-state index contributed by atoms with van der Waals surface area (Å²) in [5.74, 6) is 0.771. The number of carbonyl (C=O) groups excluding carboxylic acids is 1. The highest BCUT2D eigenvalue weighted by Gasteiger charge is 2.32. The van der Waals surface area contributed by atoms with Gasteiger partial charge in [0, 0.05) is 12.8 Å². The third-order valence-electron chi connectivity index (χ3n) is 2.96. The van der Waals surface area contributed by atoms with E-state index in [1.54, 1.807) is 12.0 Å². The number of allylic oxidation sites excluding steroid dienone is 1. The van der Waals surface area contributed by atoms with Gasteiger partial charge in [-0.1, -0.05) is 12.2 Å². The second kappa shape index (κ2) is 6.96. The van der Waals surface area contributed by atoms with E-state index in [0.29, 0.717) is 19.8 Å². The van der Waals surface area contributed by atoms with Crippen LogP contribution in [-0.2, 0) is 9.47 Å². The molecule has 108 valence electrons. The van der Waals surface area contributed by atoms with Gasteiger partial charge in [-0.15, -0.1) is 0 Å². The zero-order valence-corrected chi connectivity index (χ0v) is 11.7. The number of benzene rings is 1. The van der Waals surface area contributed by atoms with Crippen molar-refractivity contribution in [1.29, 1.82) is 0 Å². The lowest BCUT2D eigenvalue weighted by Gasteiger charge is -2.13. The van der Waals surface area contributed by atoms with Crippen molar-refractivity contribution >= 4 is 11.8 Å². The Hall–Kier alpha value is -2.01. The summed E-state index contributed by atoms with van der Waals surface area (Å²) in [5, 5.41) is 0. The van der Waals surface area contributed by atoms with Gasteiger partial charge in [0.25, 0.3) is 0 Å². The van der Waals surface area contributed by atoms with Gasteiger partial charge in [0.15, 0.2) is 0 Å². The maximum absolute atomic E-state index is 11.8. The number of anilines is 1. The number of amides is 1. The molecule has 1 amide bonds. The Labute approximate surface area is 118 Å². The Bertz CT molecular complexity index is 469. The van der Waals surface area contributed by atoms with Crippen LogP contribution in [0.1, 0.15) is 6.92 Å². The number of rotatable bonds is 6. The minimum atomic E-state index is -0.338. The number of cyclic esters (lactones) is 1. The molecule has 1 saturated heterocycles. The van der Waals surface area contributed by atoms with Crippen molar-refractivity contribution in [3.8, 4) is 5.75 Å². The predicted octanol–water partition coefficient (Wildman–Crippen LogP) is 2.61. The van der Waals surface area contributed by atoms with Gasteiger partial charge in [0.05, 0.1) is 13.2 Å². The molecule has 0 bridgehead atoms. The fourth-order valence-electron chi connectivity index (χ4n) is 1.97. The molecule has 2 rings (SSSR count). The van der Waals surface area contributed by atoms with Crippen LogP contribution in [0.15, 0.2) is 36.4 Å². The molecule has 1 fully saturated rings. The Morgan fingerprint density at radius 1 is 1.40 bits per heavy atom. The van der Waals surface area contributed by atoms with E-state index in [1.807, 2.05) is 43.3 Å². The first-order valence-electron chi connectivity index (χ1n) is 6.55. The number of nitrogens with zero attached hydrogens (tertiary/aromatic N) is 1. The van der Waals surface area contributed by atoms with Crippen LogP contribution in [0, 0.1) is 0 Å². The zero-order chi connectivity index (χ0) is 14.4. The van der Waals surface area contributed by atoms with E-state index in [-0.39, 0.29) is 12.2 Å². The fourth-order valence-corrected chi connectivity index (χ4v) is 1.97. The first-order chi connectivity index (χ1) is 9.74. The average molecular weight is 277 g/mol. The average Bonchev–Trinajstić information content (AvgIpc) is 2.81. The van der Waals surface area contributed by atoms with Gasteiger partial charge >= 0.3 is 6.09 Å². The molecule has 1 heterocycles. The minimum Gasteiger partial charge on any atom is -0.490 e. The third-order valence-corrected chi connectivity index (χ3v) is 2.96. The van der Waals surface area contributed by atoms with Crippen molar-refractivity contribution in [2.45, 2.75) is 13.0 Å². The molecule has 1 aromatic rings. The van der Waals surface area contributed by atoms with Crippen LogP contribution in [0.25, 0.3) is 0 Å². The SMILES string of the molecule is C/C=C/COc1ccc(N2CC(COC)OC2=O)cc1. The number of carbonyl (C=O) groups is 1. The van der Waals surface area contributed by atoms with Gasteiger partial charge in [-0.05, 0) is 31.2 Å². The number of hydrogen-bond acceptors (Lipinski definition) is 4. The smallest absolute Gasteiger partial charge is 0.414 e. The van der Waals surface area contributed by atoms with Crippen molar-refractivity contribution < 1.29 is 19.0 Å². The van der Waals surface area contributed by atoms with Gasteiger partial charge in [0.2, 0.25) is 0 Å². The van der Waals surface area contributed by atoms with Gasteiger partial charge in [-0.25, -0.2) is 4.79 Å². The highest BCUT2D eigenvalue weighted by Crippen LogP contribution is 2.24. The van der Waals surface area contributed by atoms with E-state index in [4.69, 9.17) is 14.2 Å². The lowest BCUT2D eigenvalue weighted by atomic mass is 10.2. The first kappa shape index (κ1) is 14.4. The molecular weight excluding hydrogens is 258 g/mol. The van der Waals surface area contributed by atoms with E-state index in [0.717, 1.165) is 11.4 Å². The third kappa shape index (κ3) is 3.51. The summed E-state index contributed by atoms with van der Waals surface area (Å²) in [6.45, 7) is 3.40. The highest BCUT2D eigenvalue weighted by atomic mass is 16.6. The zero-order valence-electron chi connectivity index (χ0n) is 11.7. The molecule has 1 aliphatic heterocycles. The maximum Gasteiger partial charge on any atom is 0.414 e. The summed E-state index contributed by atoms with van der Waals surface area (Å²) in [6, 6.07) is 7.38. The van der Waals surface area contributed by atoms with Crippen LogP contribution < -0.4 is 9.64 Å². The van der Waals surface area contributed by atoms with Gasteiger partial charge in [-0.3, -0.25) is 4.90 Å². The van der Waals surface area contributed by atoms with Crippen LogP contribution in [0.2, 0.25) is 0 Å². The van der Waals surface area contributed by atoms with E-state index < -0.39 is 0 Å². The van der Waals surface area contributed by atoms with Crippen LogP contribution in [-0.4, -0.2) is 39.1 Å². The summed E-state index contributed by atoms with van der Waals surface area (Å²) in [5.41, 5.74) is 0.798. The summed E-state index contributed by atoms with van der Waals surface area (Å²) < 4.78 is 15.7. The molecule has 5 nitrogen and oxygen atoms in total. The number of methoxy groups -OCH3 is 1. The second-order valence-electron chi connectivity index (χ2n) is 4.45. The van der Waals surface area contributed by atoms with E-state index >= 15 is 0 Å². The second-order valence-corrected chi connectivity index (χ2v) is 4.45. The molecule has 1 aliphatic rings. The van der Waals surface area contributed by atoms with E-state index in [2.05, 4.69) is 0 Å². The molecular formula is C15H19NO4. The Kier molecular flexibility index (Phi) is 5.01. The van der Waals surface area contributed by atoms with Crippen molar-refractivity contribution in [3.63, 3.8) is 0 Å². The first-order valence-corrected chi connectivity index (χ1v) is 6.55. The molecule has 1 aromatic carbocycles. The molecule has 20 heavy (non-hydrogen) atoms. The van der Waals surface area contributed by atoms with Crippen LogP contribution in [0.5, 0.6) is 5.75 Å². The summed E-state index contributed by atoms with van der Waals surface area (Å²) in [4.78, 5) is 13.4. The standard InChI is InChI=1S/C15H19NO4/c1-3-4-9-19-13-7-5-12(6-8-13)16-10-14(11-18-2)20-15(16)17/h3-8,14H,9-11H2,1-2H3/b4-3+. The van der Waals surface area contributed by atoms with Gasteiger partial charge < -0.3 is 14.2 Å². The fraction of sp³-hybridized carbons (Fsp3) is 0.400. The van der Waals surface area contributed by atoms with E-state index in [1.165, 1.54) is 0 Å². The summed E-state index contributed by atoms with van der Waals surface area (Å²) >= 11 is 0. The summed E-state index contributed by atoms with van der Waals surface area (Å²) in [7, 11) is 1.59. The largest absolute Gasteiger partial charge is 0.490 e. The quantitative estimate of drug-likeness (QED) is 0.750. The lowest BCUT2D eigenvalue weighted by molar-refractivity contribution is 0.0718. The van der Waals surface area contributed by atoms with Crippen LogP contribution >= 0.6 is 0 Å². The van der Waals surface area contributed by atoms with Crippen molar-refractivity contribution in [2.75, 3.05) is 31.8 Å². The highest BCUT2D eigenvalue weighted by molar-refractivity contribution is 5.89. The van der Waals surface area contributed by atoms with Crippen molar-refractivity contribution in [1.82, 2.24) is 0 Å². The molecule has 0 aromatic heterocycles. The predicted molar refractivity (Wildman–Crippen MR) is 76.2 cm³/mol. The molecule has 0 aliphatic carbocycles. The molecule has 1 atom stereocenters.